The molecule has 6 heteroatoms. The topological polar surface area (TPSA) is 29.9 Å². The van der Waals surface area contributed by atoms with Crippen LogP contribution in [0.25, 0.3) is 11.0 Å². The first-order chi connectivity index (χ1) is 9.46. The Hall–Kier alpha value is -1.56. The summed E-state index contributed by atoms with van der Waals surface area (Å²) in [6.45, 7) is 2.57. The molecule has 3 nitrogen and oxygen atoms in total. The Kier molecular flexibility index (Phi) is 3.20. The summed E-state index contributed by atoms with van der Waals surface area (Å²) in [6.07, 6.45) is -4.24. The quantitative estimate of drug-likeness (QED) is 0.918. The number of hydrogen-bond donors (Lipinski definition) is 1. The normalized spacial score (nSPS) is 23.6. The van der Waals surface area contributed by atoms with E-state index in [1.54, 1.807) is 24.3 Å². The lowest BCUT2D eigenvalue weighted by Gasteiger charge is -2.17. The van der Waals surface area contributed by atoms with Gasteiger partial charge in [0, 0.05) is 12.5 Å². The van der Waals surface area contributed by atoms with Crippen LogP contribution < -0.4 is 5.32 Å². The van der Waals surface area contributed by atoms with E-state index in [0.717, 1.165) is 6.54 Å². The summed E-state index contributed by atoms with van der Waals surface area (Å²) in [7, 11) is 0. The average Bonchev–Trinajstić information content (AvgIpc) is 2.92. The van der Waals surface area contributed by atoms with E-state index in [4.69, 9.17) is 0 Å². The zero-order valence-electron chi connectivity index (χ0n) is 11.1. The molecule has 1 aliphatic heterocycles. The van der Waals surface area contributed by atoms with E-state index < -0.39 is 12.7 Å². The molecule has 2 aromatic rings. The highest BCUT2D eigenvalue weighted by Gasteiger charge is 2.34. The van der Waals surface area contributed by atoms with Gasteiger partial charge >= 0.3 is 6.18 Å². The van der Waals surface area contributed by atoms with Crippen molar-refractivity contribution in [2.24, 2.45) is 5.92 Å². The van der Waals surface area contributed by atoms with Gasteiger partial charge in [-0.2, -0.15) is 13.2 Å². The minimum Gasteiger partial charge on any atom is -0.318 e. The fourth-order valence-electron chi connectivity index (χ4n) is 2.88. The standard InChI is InChI=1S/C14H16F3N3/c1-9-6-18-7-10(9)13-19-11-4-2-3-5-12(11)20(13)8-14(15,16)17/h2-5,9-10,18H,6-8H2,1H3. The fraction of sp³-hybridized carbons (Fsp3) is 0.500. The first-order valence-corrected chi connectivity index (χ1v) is 6.68. The molecular weight excluding hydrogens is 267 g/mol. The summed E-state index contributed by atoms with van der Waals surface area (Å²) in [5, 5.41) is 3.22. The van der Waals surface area contributed by atoms with Gasteiger partial charge in [-0.05, 0) is 24.6 Å². The van der Waals surface area contributed by atoms with E-state index in [2.05, 4.69) is 10.3 Å². The number of rotatable bonds is 2. The van der Waals surface area contributed by atoms with Crippen molar-refractivity contribution < 1.29 is 13.2 Å². The summed E-state index contributed by atoms with van der Waals surface area (Å²) in [5.74, 6) is 0.865. The molecule has 0 amide bonds. The Morgan fingerprint density at radius 2 is 2.05 bits per heavy atom. The van der Waals surface area contributed by atoms with Gasteiger partial charge in [-0.25, -0.2) is 4.98 Å². The fourth-order valence-corrected chi connectivity index (χ4v) is 2.88. The zero-order valence-corrected chi connectivity index (χ0v) is 11.1. The highest BCUT2D eigenvalue weighted by atomic mass is 19.4. The number of nitrogens with zero attached hydrogens (tertiary/aromatic N) is 2. The smallest absolute Gasteiger partial charge is 0.318 e. The van der Waals surface area contributed by atoms with Crippen LogP contribution >= 0.6 is 0 Å². The number of imidazole rings is 1. The van der Waals surface area contributed by atoms with E-state index in [-0.39, 0.29) is 5.92 Å². The minimum atomic E-state index is -4.24. The molecule has 2 unspecified atom stereocenters. The van der Waals surface area contributed by atoms with Crippen LogP contribution in [0.2, 0.25) is 0 Å². The maximum atomic E-state index is 12.8. The van der Waals surface area contributed by atoms with Crippen LogP contribution in [0, 0.1) is 5.92 Å². The second-order valence-corrected chi connectivity index (χ2v) is 5.40. The predicted octanol–water partition coefficient (Wildman–Crippen LogP) is 2.92. The van der Waals surface area contributed by atoms with Crippen molar-refractivity contribution in [1.29, 1.82) is 0 Å². The molecule has 1 fully saturated rings. The molecule has 2 heterocycles. The van der Waals surface area contributed by atoms with Crippen molar-refractivity contribution in [3.63, 3.8) is 0 Å². The van der Waals surface area contributed by atoms with Gasteiger partial charge in [0.25, 0.3) is 0 Å². The molecule has 1 aromatic heterocycles. The molecule has 0 aliphatic carbocycles. The van der Waals surface area contributed by atoms with Gasteiger partial charge in [0.15, 0.2) is 0 Å². The van der Waals surface area contributed by atoms with Crippen LogP contribution in [0.1, 0.15) is 18.7 Å². The van der Waals surface area contributed by atoms with E-state index in [1.807, 2.05) is 6.92 Å². The molecule has 1 saturated heterocycles. The van der Waals surface area contributed by atoms with Crippen LogP contribution in [-0.4, -0.2) is 28.8 Å². The van der Waals surface area contributed by atoms with Crippen molar-refractivity contribution in [1.82, 2.24) is 14.9 Å². The lowest BCUT2D eigenvalue weighted by Crippen LogP contribution is -2.22. The van der Waals surface area contributed by atoms with Gasteiger partial charge in [-0.1, -0.05) is 19.1 Å². The monoisotopic (exact) mass is 283 g/mol. The highest BCUT2D eigenvalue weighted by Crippen LogP contribution is 2.32. The third kappa shape index (κ3) is 2.40. The first kappa shape index (κ1) is 13.4. The summed E-state index contributed by atoms with van der Waals surface area (Å²) >= 11 is 0. The van der Waals surface area contributed by atoms with Gasteiger partial charge in [0.05, 0.1) is 11.0 Å². The summed E-state index contributed by atoms with van der Waals surface area (Å²) in [5.41, 5.74) is 1.18. The van der Waals surface area contributed by atoms with Crippen molar-refractivity contribution in [2.75, 3.05) is 13.1 Å². The van der Waals surface area contributed by atoms with Gasteiger partial charge in [0.1, 0.15) is 12.4 Å². The van der Waals surface area contributed by atoms with E-state index >= 15 is 0 Å². The molecule has 1 aromatic carbocycles. The second kappa shape index (κ2) is 4.77. The van der Waals surface area contributed by atoms with E-state index in [1.165, 1.54) is 4.57 Å². The lowest BCUT2D eigenvalue weighted by molar-refractivity contribution is -0.140. The zero-order chi connectivity index (χ0) is 14.3. The average molecular weight is 283 g/mol. The minimum absolute atomic E-state index is 0.0322. The molecule has 0 radical (unpaired) electrons. The number of halogens is 3. The van der Waals surface area contributed by atoms with Crippen LogP contribution in [0.4, 0.5) is 13.2 Å². The number of benzene rings is 1. The van der Waals surface area contributed by atoms with Crippen LogP contribution in [0.5, 0.6) is 0 Å². The van der Waals surface area contributed by atoms with Gasteiger partial charge in [-0.15, -0.1) is 0 Å². The Morgan fingerprint density at radius 1 is 1.30 bits per heavy atom. The molecule has 0 bridgehead atoms. The van der Waals surface area contributed by atoms with E-state index in [9.17, 15) is 13.2 Å². The molecule has 3 rings (SSSR count). The van der Waals surface area contributed by atoms with Crippen LogP contribution in [-0.2, 0) is 6.54 Å². The van der Waals surface area contributed by atoms with Crippen molar-refractivity contribution >= 4 is 11.0 Å². The van der Waals surface area contributed by atoms with Gasteiger partial charge in [0.2, 0.25) is 0 Å². The molecule has 108 valence electrons. The highest BCUT2D eigenvalue weighted by molar-refractivity contribution is 5.76. The van der Waals surface area contributed by atoms with Crippen LogP contribution in [0.3, 0.4) is 0 Å². The molecule has 0 saturated carbocycles. The third-order valence-corrected chi connectivity index (χ3v) is 3.87. The number of para-hydroxylation sites is 2. The summed E-state index contributed by atoms with van der Waals surface area (Å²) in [6, 6.07) is 7.01. The number of nitrogens with one attached hydrogen (secondary N) is 1. The number of aromatic nitrogens is 2. The second-order valence-electron chi connectivity index (χ2n) is 5.40. The molecule has 20 heavy (non-hydrogen) atoms. The van der Waals surface area contributed by atoms with Crippen molar-refractivity contribution in [3.05, 3.63) is 30.1 Å². The molecular formula is C14H16F3N3. The maximum Gasteiger partial charge on any atom is 0.406 e. The van der Waals surface area contributed by atoms with E-state index in [0.29, 0.717) is 29.3 Å². The van der Waals surface area contributed by atoms with Gasteiger partial charge < -0.3 is 9.88 Å². The van der Waals surface area contributed by atoms with Gasteiger partial charge in [-0.3, -0.25) is 0 Å². The summed E-state index contributed by atoms with van der Waals surface area (Å²) in [4.78, 5) is 4.45. The lowest BCUT2D eigenvalue weighted by atomic mass is 9.97. The van der Waals surface area contributed by atoms with Crippen LogP contribution in [0.15, 0.2) is 24.3 Å². The Balaban J connectivity index is 2.12. The number of alkyl halides is 3. The number of hydrogen-bond acceptors (Lipinski definition) is 2. The first-order valence-electron chi connectivity index (χ1n) is 6.68. The van der Waals surface area contributed by atoms with Crippen molar-refractivity contribution in [2.45, 2.75) is 25.6 Å². The SMILES string of the molecule is CC1CNCC1c1nc2ccccc2n1CC(F)(F)F. The summed E-state index contributed by atoms with van der Waals surface area (Å²) < 4.78 is 39.9. The largest absolute Gasteiger partial charge is 0.406 e. The Labute approximate surface area is 114 Å². The Morgan fingerprint density at radius 3 is 2.70 bits per heavy atom. The maximum absolute atomic E-state index is 12.8. The number of fused-ring (bicyclic) bond motifs is 1. The molecule has 1 aliphatic rings. The van der Waals surface area contributed by atoms with Crippen molar-refractivity contribution in [3.8, 4) is 0 Å². The Bertz CT molecular complexity index is 618. The molecule has 0 spiro atoms. The third-order valence-electron chi connectivity index (χ3n) is 3.87. The molecule has 2 atom stereocenters. The predicted molar refractivity (Wildman–Crippen MR) is 70.6 cm³/mol. The molecule has 1 N–H and O–H groups in total.